The molecule has 0 saturated carbocycles. The molecule has 31 heavy (non-hydrogen) atoms. The molecule has 2 aromatic rings. The van der Waals surface area contributed by atoms with Crippen LogP contribution in [0.1, 0.15) is 18.4 Å². The molecule has 1 unspecified atom stereocenters. The highest BCUT2D eigenvalue weighted by molar-refractivity contribution is 7.90. The van der Waals surface area contributed by atoms with E-state index in [4.69, 9.17) is 0 Å². The molecule has 0 aliphatic carbocycles. The predicted octanol–water partition coefficient (Wildman–Crippen LogP) is 3.38. The minimum absolute atomic E-state index is 0.151. The molecule has 11 heteroatoms. The Kier molecular flexibility index (Phi) is 5.38. The van der Waals surface area contributed by atoms with E-state index in [2.05, 4.69) is 14.5 Å². The standard InChI is InChI=1S/C20H18F3N3O4S/c21-20(22,23)30-15-9-7-14(8-10-15)24-19(27)13-4-3-11-26(12-13)18-16-5-1-2-6-17(16)31(28,29)25-18/h1-2,5-10,13H,3-4,11-12H2,(H,24,27). The number of hydrogen-bond donors (Lipinski definition) is 1. The number of nitrogens with zero attached hydrogens (tertiary/aromatic N) is 2. The fourth-order valence-corrected chi connectivity index (χ4v) is 4.91. The van der Waals surface area contributed by atoms with Crippen LogP contribution < -0.4 is 10.1 Å². The number of amides is 1. The number of hydrogen-bond acceptors (Lipinski definition) is 5. The van der Waals surface area contributed by atoms with Gasteiger partial charge in [-0.1, -0.05) is 12.1 Å². The van der Waals surface area contributed by atoms with Crippen LogP contribution in [0.5, 0.6) is 5.75 Å². The van der Waals surface area contributed by atoms with E-state index in [1.807, 2.05) is 0 Å². The summed E-state index contributed by atoms with van der Waals surface area (Å²) in [5.41, 5.74) is 0.853. The highest BCUT2D eigenvalue weighted by atomic mass is 32.2. The number of ether oxygens (including phenoxy) is 1. The number of carbonyl (C=O) groups excluding carboxylic acids is 1. The van der Waals surface area contributed by atoms with Crippen LogP contribution >= 0.6 is 0 Å². The van der Waals surface area contributed by atoms with Gasteiger partial charge in [0.05, 0.1) is 5.92 Å². The van der Waals surface area contributed by atoms with Crippen LogP contribution in [0.3, 0.4) is 0 Å². The van der Waals surface area contributed by atoms with E-state index in [0.717, 1.165) is 12.1 Å². The molecule has 0 spiro atoms. The molecule has 2 heterocycles. The van der Waals surface area contributed by atoms with Crippen LogP contribution in [0, 0.1) is 5.92 Å². The SMILES string of the molecule is O=C(Nc1ccc(OC(F)(F)F)cc1)C1CCCN(C2=NS(=O)(=O)c3ccccc32)C1. The molecule has 7 nitrogen and oxygen atoms in total. The zero-order valence-electron chi connectivity index (χ0n) is 16.1. The first-order chi connectivity index (χ1) is 14.6. The third-order valence-electron chi connectivity index (χ3n) is 5.06. The zero-order valence-corrected chi connectivity index (χ0v) is 16.9. The topological polar surface area (TPSA) is 88.1 Å². The van der Waals surface area contributed by atoms with E-state index in [1.165, 1.54) is 18.2 Å². The third kappa shape index (κ3) is 4.66. The van der Waals surface area contributed by atoms with Gasteiger partial charge in [0.1, 0.15) is 10.6 Å². The maximum absolute atomic E-state index is 12.7. The number of fused-ring (bicyclic) bond motifs is 1. The van der Waals surface area contributed by atoms with Crippen LogP contribution in [-0.2, 0) is 14.8 Å². The van der Waals surface area contributed by atoms with Crippen molar-refractivity contribution in [2.24, 2.45) is 10.3 Å². The van der Waals surface area contributed by atoms with Gasteiger partial charge >= 0.3 is 6.36 Å². The fraction of sp³-hybridized carbons (Fsp3) is 0.300. The van der Waals surface area contributed by atoms with Gasteiger partial charge in [-0.15, -0.1) is 17.6 Å². The molecule has 0 aromatic heterocycles. The van der Waals surface area contributed by atoms with Gasteiger partial charge < -0.3 is 15.0 Å². The molecule has 0 bridgehead atoms. The van der Waals surface area contributed by atoms with E-state index in [0.29, 0.717) is 36.5 Å². The predicted molar refractivity (Wildman–Crippen MR) is 106 cm³/mol. The van der Waals surface area contributed by atoms with Gasteiger partial charge in [-0.2, -0.15) is 8.42 Å². The number of carbonyl (C=O) groups is 1. The number of amidine groups is 1. The average Bonchev–Trinajstić information content (AvgIpc) is 3.00. The number of piperidine rings is 1. The van der Waals surface area contributed by atoms with Crippen molar-refractivity contribution in [3.8, 4) is 5.75 Å². The molecule has 1 amide bonds. The molecule has 2 aliphatic rings. The quantitative estimate of drug-likeness (QED) is 0.770. The van der Waals surface area contributed by atoms with Crippen molar-refractivity contribution in [3.63, 3.8) is 0 Å². The van der Waals surface area contributed by atoms with Gasteiger partial charge in [0.25, 0.3) is 10.0 Å². The first-order valence-corrected chi connectivity index (χ1v) is 10.9. The van der Waals surface area contributed by atoms with Crippen LogP contribution in [0.4, 0.5) is 18.9 Å². The van der Waals surface area contributed by atoms with E-state index in [-0.39, 0.29) is 23.1 Å². The number of rotatable bonds is 3. The lowest BCUT2D eigenvalue weighted by molar-refractivity contribution is -0.274. The summed E-state index contributed by atoms with van der Waals surface area (Å²) in [7, 11) is -3.75. The molecule has 1 atom stereocenters. The Bertz CT molecular complexity index is 1130. The van der Waals surface area contributed by atoms with E-state index in [1.54, 1.807) is 23.1 Å². The monoisotopic (exact) mass is 453 g/mol. The highest BCUT2D eigenvalue weighted by Gasteiger charge is 2.35. The minimum atomic E-state index is -4.79. The first kappa shape index (κ1) is 21.2. The second-order valence-corrected chi connectivity index (χ2v) is 8.81. The molecule has 2 aromatic carbocycles. The summed E-state index contributed by atoms with van der Waals surface area (Å²) in [4.78, 5) is 14.6. The molecule has 2 aliphatic heterocycles. The lowest BCUT2D eigenvalue weighted by Crippen LogP contribution is -2.43. The summed E-state index contributed by atoms with van der Waals surface area (Å²) < 4.78 is 69.1. The van der Waals surface area contributed by atoms with Crippen molar-refractivity contribution in [1.29, 1.82) is 0 Å². The van der Waals surface area contributed by atoms with Crippen molar-refractivity contribution in [1.82, 2.24) is 4.90 Å². The Labute approximate surface area is 176 Å². The summed E-state index contributed by atoms with van der Waals surface area (Å²) >= 11 is 0. The summed E-state index contributed by atoms with van der Waals surface area (Å²) in [6, 6.07) is 11.4. The van der Waals surface area contributed by atoms with Gasteiger partial charge in [-0.05, 0) is 49.2 Å². The summed E-state index contributed by atoms with van der Waals surface area (Å²) in [5, 5.41) is 2.69. The lowest BCUT2D eigenvalue weighted by atomic mass is 9.96. The van der Waals surface area contributed by atoms with Gasteiger partial charge in [0, 0.05) is 24.3 Å². The number of sulfonamides is 1. The molecule has 1 fully saturated rings. The maximum atomic E-state index is 12.7. The number of benzene rings is 2. The van der Waals surface area contributed by atoms with Crippen LogP contribution in [0.2, 0.25) is 0 Å². The first-order valence-electron chi connectivity index (χ1n) is 9.48. The van der Waals surface area contributed by atoms with Crippen LogP contribution in [-0.4, -0.2) is 44.5 Å². The average molecular weight is 453 g/mol. The van der Waals surface area contributed by atoms with Crippen molar-refractivity contribution in [2.45, 2.75) is 24.1 Å². The Morgan fingerprint density at radius 1 is 1.13 bits per heavy atom. The molecular weight excluding hydrogens is 435 g/mol. The van der Waals surface area contributed by atoms with Crippen molar-refractivity contribution >= 4 is 27.5 Å². The molecule has 1 saturated heterocycles. The minimum Gasteiger partial charge on any atom is -0.406 e. The van der Waals surface area contributed by atoms with Gasteiger partial charge in [-0.25, -0.2) is 0 Å². The van der Waals surface area contributed by atoms with Crippen molar-refractivity contribution in [3.05, 3.63) is 54.1 Å². The van der Waals surface area contributed by atoms with Crippen molar-refractivity contribution in [2.75, 3.05) is 18.4 Å². The highest BCUT2D eigenvalue weighted by Crippen LogP contribution is 2.30. The van der Waals surface area contributed by atoms with Crippen molar-refractivity contribution < 1.29 is 31.1 Å². The van der Waals surface area contributed by atoms with Gasteiger partial charge in [-0.3, -0.25) is 4.79 Å². The Hall–Kier alpha value is -3.08. The summed E-state index contributed by atoms with van der Waals surface area (Å²) in [5.74, 6) is -0.780. The molecule has 164 valence electrons. The lowest BCUT2D eigenvalue weighted by Gasteiger charge is -2.33. The van der Waals surface area contributed by atoms with E-state index >= 15 is 0 Å². The Morgan fingerprint density at radius 3 is 2.55 bits per heavy atom. The molecule has 0 radical (unpaired) electrons. The molecule has 1 N–H and O–H groups in total. The molecule has 4 rings (SSSR count). The molecular formula is C20H18F3N3O4S. The number of halogens is 3. The smallest absolute Gasteiger partial charge is 0.406 e. The van der Waals surface area contributed by atoms with E-state index in [9.17, 15) is 26.4 Å². The largest absolute Gasteiger partial charge is 0.573 e. The number of anilines is 1. The Morgan fingerprint density at radius 2 is 1.84 bits per heavy atom. The number of likely N-dealkylation sites (tertiary alicyclic amines) is 1. The van der Waals surface area contributed by atoms with Gasteiger partial charge in [0.2, 0.25) is 5.91 Å². The van der Waals surface area contributed by atoms with Crippen LogP contribution in [0.25, 0.3) is 0 Å². The summed E-state index contributed by atoms with van der Waals surface area (Å²) in [6.45, 7) is 0.847. The summed E-state index contributed by atoms with van der Waals surface area (Å²) in [6.07, 6.45) is -3.53. The van der Waals surface area contributed by atoms with E-state index < -0.39 is 22.3 Å². The van der Waals surface area contributed by atoms with Gasteiger partial charge in [0.15, 0.2) is 5.84 Å². The second kappa shape index (κ2) is 7.88. The van der Waals surface area contributed by atoms with Crippen LogP contribution in [0.15, 0.2) is 57.8 Å². The zero-order chi connectivity index (χ0) is 22.2. The third-order valence-corrected chi connectivity index (χ3v) is 6.38. The second-order valence-electron chi connectivity index (χ2n) is 7.23. The number of nitrogens with one attached hydrogen (secondary N) is 1. The maximum Gasteiger partial charge on any atom is 0.573 e. The normalized spacial score (nSPS) is 20.0. The fourth-order valence-electron chi connectivity index (χ4n) is 3.68. The number of alkyl halides is 3. The Balaban J connectivity index is 1.44.